The second-order valence-corrected chi connectivity index (χ2v) is 3.53. The third-order valence-electron chi connectivity index (χ3n) is 1.60. The van der Waals surface area contributed by atoms with Gasteiger partial charge >= 0.3 is 0 Å². The van der Waals surface area contributed by atoms with Crippen LogP contribution < -0.4 is 11.5 Å². The van der Waals surface area contributed by atoms with Gasteiger partial charge in [-0.2, -0.15) is 0 Å². The van der Waals surface area contributed by atoms with Crippen LogP contribution in [0.15, 0.2) is 12.1 Å². The lowest BCUT2D eigenvalue weighted by molar-refractivity contribution is -0.117. The number of hydrogen-bond donors (Lipinski definition) is 2. The smallest absolute Gasteiger partial charge is 0.229 e. The third-order valence-corrected chi connectivity index (χ3v) is 2.49. The standard InChI is InChI=1S/C10H8Cl2N2O/c11-9-6(2-1-3-8(14)15)4-5-7(13)10(9)12/h4-5H,3,13H2,(H2,14,15). The molecule has 0 aliphatic carbocycles. The molecule has 0 heterocycles. The molecule has 3 nitrogen and oxygen atoms in total. The molecular weight excluding hydrogens is 235 g/mol. The fraction of sp³-hybridized carbons (Fsp3) is 0.100. The lowest BCUT2D eigenvalue weighted by atomic mass is 10.2. The van der Waals surface area contributed by atoms with Crippen LogP contribution in [0.5, 0.6) is 0 Å². The van der Waals surface area contributed by atoms with Crippen LogP contribution in [0.25, 0.3) is 0 Å². The van der Waals surface area contributed by atoms with Gasteiger partial charge in [-0.1, -0.05) is 35.0 Å². The van der Waals surface area contributed by atoms with E-state index in [0.717, 1.165) is 0 Å². The predicted molar refractivity (Wildman–Crippen MR) is 61.6 cm³/mol. The van der Waals surface area contributed by atoms with E-state index in [-0.39, 0.29) is 16.5 Å². The number of halogens is 2. The van der Waals surface area contributed by atoms with Gasteiger partial charge in [0, 0.05) is 5.56 Å². The van der Waals surface area contributed by atoms with Crippen LogP contribution in [-0.4, -0.2) is 5.91 Å². The Morgan fingerprint density at radius 2 is 2.00 bits per heavy atom. The second-order valence-electron chi connectivity index (χ2n) is 2.78. The summed E-state index contributed by atoms with van der Waals surface area (Å²) in [6, 6.07) is 3.24. The summed E-state index contributed by atoms with van der Waals surface area (Å²) in [4.78, 5) is 10.4. The zero-order chi connectivity index (χ0) is 11.4. The van der Waals surface area contributed by atoms with Crippen LogP contribution in [0.1, 0.15) is 12.0 Å². The van der Waals surface area contributed by atoms with E-state index in [9.17, 15) is 4.79 Å². The third kappa shape index (κ3) is 3.05. The molecule has 15 heavy (non-hydrogen) atoms. The van der Waals surface area contributed by atoms with Crippen molar-refractivity contribution in [2.24, 2.45) is 5.73 Å². The molecule has 0 aliphatic rings. The number of amides is 1. The Balaban J connectivity index is 3.00. The van der Waals surface area contributed by atoms with Crippen LogP contribution in [0.2, 0.25) is 10.0 Å². The quantitative estimate of drug-likeness (QED) is 0.583. The molecule has 1 aromatic rings. The molecule has 0 fully saturated rings. The molecule has 0 saturated carbocycles. The Bertz CT molecular complexity index is 460. The number of benzene rings is 1. The number of carbonyl (C=O) groups is 1. The Kier molecular flexibility index (Phi) is 3.84. The van der Waals surface area contributed by atoms with Crippen molar-refractivity contribution < 1.29 is 4.79 Å². The summed E-state index contributed by atoms with van der Waals surface area (Å²) in [5.74, 6) is 4.78. The Morgan fingerprint density at radius 3 is 2.60 bits per heavy atom. The van der Waals surface area contributed by atoms with Crippen molar-refractivity contribution in [3.8, 4) is 11.8 Å². The van der Waals surface area contributed by atoms with E-state index < -0.39 is 5.91 Å². The highest BCUT2D eigenvalue weighted by molar-refractivity contribution is 6.44. The fourth-order valence-corrected chi connectivity index (χ4v) is 1.27. The number of nitrogens with two attached hydrogens (primary N) is 2. The molecule has 0 aromatic heterocycles. The van der Waals surface area contributed by atoms with Crippen molar-refractivity contribution in [1.29, 1.82) is 0 Å². The van der Waals surface area contributed by atoms with Crippen molar-refractivity contribution in [2.75, 3.05) is 5.73 Å². The molecule has 1 amide bonds. The number of nitrogen functional groups attached to an aromatic ring is 1. The Morgan fingerprint density at radius 1 is 1.33 bits per heavy atom. The average Bonchev–Trinajstić information content (AvgIpc) is 2.18. The predicted octanol–water partition coefficient (Wildman–Crippen LogP) is 1.80. The summed E-state index contributed by atoms with van der Waals surface area (Å²) < 4.78 is 0. The van der Waals surface area contributed by atoms with Gasteiger partial charge < -0.3 is 11.5 Å². The van der Waals surface area contributed by atoms with Crippen molar-refractivity contribution >= 4 is 34.8 Å². The lowest BCUT2D eigenvalue weighted by Crippen LogP contribution is -2.08. The summed E-state index contributed by atoms with van der Waals surface area (Å²) in [6.07, 6.45) is -0.0156. The summed E-state index contributed by atoms with van der Waals surface area (Å²) >= 11 is 11.7. The summed E-state index contributed by atoms with van der Waals surface area (Å²) in [7, 11) is 0. The summed E-state index contributed by atoms with van der Waals surface area (Å²) in [5.41, 5.74) is 11.4. The monoisotopic (exact) mass is 242 g/mol. The second kappa shape index (κ2) is 4.92. The average molecular weight is 243 g/mol. The number of anilines is 1. The fourth-order valence-electron chi connectivity index (χ4n) is 0.887. The van der Waals surface area contributed by atoms with E-state index in [1.807, 2.05) is 0 Å². The summed E-state index contributed by atoms with van der Waals surface area (Å²) in [5, 5.41) is 0.552. The minimum Gasteiger partial charge on any atom is -0.397 e. The van der Waals surface area contributed by atoms with Gasteiger partial charge in [-0.25, -0.2) is 0 Å². The first-order valence-electron chi connectivity index (χ1n) is 4.03. The Labute approximate surface area is 97.3 Å². The molecule has 5 heteroatoms. The van der Waals surface area contributed by atoms with Crippen LogP contribution in [0.3, 0.4) is 0 Å². The molecule has 0 atom stereocenters. The number of primary amides is 1. The molecule has 0 bridgehead atoms. The van der Waals surface area contributed by atoms with E-state index in [1.54, 1.807) is 12.1 Å². The molecule has 0 aliphatic heterocycles. The van der Waals surface area contributed by atoms with Gasteiger partial charge in [0.05, 0.1) is 22.2 Å². The first-order chi connectivity index (χ1) is 7.02. The topological polar surface area (TPSA) is 69.1 Å². The first kappa shape index (κ1) is 11.7. The van der Waals surface area contributed by atoms with Gasteiger partial charge in [0.25, 0.3) is 0 Å². The lowest BCUT2D eigenvalue weighted by Gasteiger charge is -2.01. The normalized spacial score (nSPS) is 9.20. The number of hydrogen-bond acceptors (Lipinski definition) is 2. The van der Waals surface area contributed by atoms with Crippen LogP contribution in [-0.2, 0) is 4.79 Å². The van der Waals surface area contributed by atoms with E-state index in [2.05, 4.69) is 11.8 Å². The molecule has 1 rings (SSSR count). The summed E-state index contributed by atoms with van der Waals surface area (Å²) in [6.45, 7) is 0. The molecule has 0 radical (unpaired) electrons. The van der Waals surface area contributed by atoms with Gasteiger partial charge in [-0.15, -0.1) is 0 Å². The van der Waals surface area contributed by atoms with Gasteiger partial charge in [-0.3, -0.25) is 4.79 Å². The zero-order valence-corrected chi connectivity index (χ0v) is 9.19. The molecular formula is C10H8Cl2N2O. The van der Waals surface area contributed by atoms with Crippen molar-refractivity contribution in [1.82, 2.24) is 0 Å². The van der Waals surface area contributed by atoms with Gasteiger partial charge in [0.2, 0.25) is 5.91 Å². The van der Waals surface area contributed by atoms with Gasteiger partial charge in [-0.05, 0) is 12.1 Å². The number of carbonyl (C=O) groups excluding carboxylic acids is 1. The van der Waals surface area contributed by atoms with E-state index in [4.69, 9.17) is 34.7 Å². The maximum absolute atomic E-state index is 10.4. The van der Waals surface area contributed by atoms with Crippen LogP contribution in [0.4, 0.5) is 5.69 Å². The maximum Gasteiger partial charge on any atom is 0.229 e. The largest absolute Gasteiger partial charge is 0.397 e. The van der Waals surface area contributed by atoms with Crippen molar-refractivity contribution in [3.05, 3.63) is 27.7 Å². The molecule has 78 valence electrons. The highest BCUT2D eigenvalue weighted by Gasteiger charge is 2.05. The maximum atomic E-state index is 10.4. The van der Waals surface area contributed by atoms with Crippen LogP contribution in [0, 0.1) is 11.8 Å². The minimum atomic E-state index is -0.486. The van der Waals surface area contributed by atoms with E-state index in [0.29, 0.717) is 11.3 Å². The highest BCUT2D eigenvalue weighted by atomic mass is 35.5. The van der Waals surface area contributed by atoms with Gasteiger partial charge in [0.1, 0.15) is 0 Å². The van der Waals surface area contributed by atoms with Gasteiger partial charge in [0.15, 0.2) is 0 Å². The molecule has 0 saturated heterocycles. The first-order valence-corrected chi connectivity index (χ1v) is 4.78. The van der Waals surface area contributed by atoms with E-state index in [1.165, 1.54) is 0 Å². The molecule has 4 N–H and O–H groups in total. The molecule has 0 spiro atoms. The molecule has 1 aromatic carbocycles. The molecule has 0 unspecified atom stereocenters. The highest BCUT2D eigenvalue weighted by Crippen LogP contribution is 2.30. The van der Waals surface area contributed by atoms with Crippen LogP contribution >= 0.6 is 23.2 Å². The SMILES string of the molecule is NC(=O)CC#Cc1ccc(N)c(Cl)c1Cl. The van der Waals surface area contributed by atoms with Crippen molar-refractivity contribution in [3.63, 3.8) is 0 Å². The van der Waals surface area contributed by atoms with E-state index >= 15 is 0 Å². The Hall–Kier alpha value is -1.37. The van der Waals surface area contributed by atoms with Crippen molar-refractivity contribution in [2.45, 2.75) is 6.42 Å². The minimum absolute atomic E-state index is 0.0156. The zero-order valence-electron chi connectivity index (χ0n) is 7.68. The number of rotatable bonds is 1.